The summed E-state index contributed by atoms with van der Waals surface area (Å²) in [6.45, 7) is 6.87. The van der Waals surface area contributed by atoms with Gasteiger partial charge in [-0.15, -0.1) is 0 Å². The molecule has 0 amide bonds. The summed E-state index contributed by atoms with van der Waals surface area (Å²) in [5, 5.41) is 17.6. The van der Waals surface area contributed by atoms with E-state index >= 15 is 0 Å². The van der Waals surface area contributed by atoms with Crippen molar-refractivity contribution in [2.75, 3.05) is 0 Å². The van der Waals surface area contributed by atoms with E-state index in [-0.39, 0.29) is 6.04 Å². The van der Waals surface area contributed by atoms with E-state index in [1.165, 1.54) is 11.3 Å². The van der Waals surface area contributed by atoms with Crippen molar-refractivity contribution in [1.82, 2.24) is 15.1 Å². The van der Waals surface area contributed by atoms with Gasteiger partial charge < -0.3 is 10.4 Å². The molecule has 2 aromatic rings. The molecular weight excluding hydrogens is 238 g/mol. The Bertz CT molecular complexity index is 575. The zero-order valence-corrected chi connectivity index (χ0v) is 11.9. The van der Waals surface area contributed by atoms with Crippen LogP contribution in [0.3, 0.4) is 0 Å². The minimum Gasteiger partial charge on any atom is -0.508 e. The summed E-state index contributed by atoms with van der Waals surface area (Å²) >= 11 is 0. The summed E-state index contributed by atoms with van der Waals surface area (Å²) in [6, 6.07) is 7.60. The summed E-state index contributed by atoms with van der Waals surface area (Å²) in [5.41, 5.74) is 4.37. The van der Waals surface area contributed by atoms with Crippen molar-refractivity contribution in [2.45, 2.75) is 33.4 Å². The van der Waals surface area contributed by atoms with Gasteiger partial charge in [0.05, 0.1) is 5.69 Å². The van der Waals surface area contributed by atoms with Gasteiger partial charge in [0, 0.05) is 36.5 Å². The fourth-order valence-electron chi connectivity index (χ4n) is 2.44. The van der Waals surface area contributed by atoms with E-state index in [1.54, 1.807) is 6.07 Å². The van der Waals surface area contributed by atoms with Crippen LogP contribution in [0, 0.1) is 13.8 Å². The molecule has 4 nitrogen and oxygen atoms in total. The normalized spacial score (nSPS) is 12.6. The molecule has 0 saturated carbocycles. The van der Waals surface area contributed by atoms with Crippen LogP contribution in [-0.4, -0.2) is 14.9 Å². The highest BCUT2D eigenvalue weighted by molar-refractivity contribution is 5.32. The van der Waals surface area contributed by atoms with Crippen LogP contribution in [0.25, 0.3) is 0 Å². The van der Waals surface area contributed by atoms with Crippen molar-refractivity contribution in [2.24, 2.45) is 7.05 Å². The molecule has 0 radical (unpaired) electrons. The largest absolute Gasteiger partial charge is 0.508 e. The van der Waals surface area contributed by atoms with E-state index in [0.29, 0.717) is 12.3 Å². The molecule has 1 unspecified atom stereocenters. The number of nitrogens with one attached hydrogen (secondary N) is 1. The molecule has 1 atom stereocenters. The molecule has 2 rings (SSSR count). The highest BCUT2D eigenvalue weighted by Gasteiger charge is 2.16. The molecule has 4 heteroatoms. The first-order valence-corrected chi connectivity index (χ1v) is 6.51. The van der Waals surface area contributed by atoms with Crippen molar-refractivity contribution >= 4 is 0 Å². The lowest BCUT2D eigenvalue weighted by Gasteiger charge is -2.15. The Morgan fingerprint density at radius 2 is 2.00 bits per heavy atom. The van der Waals surface area contributed by atoms with Crippen molar-refractivity contribution in [1.29, 1.82) is 0 Å². The molecule has 0 fully saturated rings. The van der Waals surface area contributed by atoms with Gasteiger partial charge in [0.2, 0.25) is 0 Å². The summed E-state index contributed by atoms with van der Waals surface area (Å²) in [6.07, 6.45) is 0. The van der Waals surface area contributed by atoms with Gasteiger partial charge in [-0.25, -0.2) is 0 Å². The molecule has 0 aliphatic rings. The zero-order chi connectivity index (χ0) is 14.0. The third-order valence-corrected chi connectivity index (χ3v) is 3.59. The van der Waals surface area contributed by atoms with Crippen molar-refractivity contribution in [3.05, 3.63) is 46.8 Å². The van der Waals surface area contributed by atoms with E-state index in [9.17, 15) is 5.11 Å². The highest BCUT2D eigenvalue weighted by Crippen LogP contribution is 2.22. The second-order valence-corrected chi connectivity index (χ2v) is 4.94. The molecule has 0 aliphatic heterocycles. The lowest BCUT2D eigenvalue weighted by molar-refractivity contribution is 0.460. The van der Waals surface area contributed by atoms with Crippen molar-refractivity contribution in [3.8, 4) is 5.75 Å². The molecule has 1 aromatic carbocycles. The fraction of sp³-hybridized carbons (Fsp3) is 0.400. The Morgan fingerprint density at radius 3 is 2.58 bits per heavy atom. The topological polar surface area (TPSA) is 50.1 Å². The van der Waals surface area contributed by atoms with Crippen LogP contribution in [-0.2, 0) is 13.6 Å². The third kappa shape index (κ3) is 2.79. The van der Waals surface area contributed by atoms with E-state index in [0.717, 1.165) is 11.3 Å². The minimum absolute atomic E-state index is 0.202. The molecule has 0 spiro atoms. The van der Waals surface area contributed by atoms with Crippen LogP contribution in [0.2, 0.25) is 0 Å². The van der Waals surface area contributed by atoms with Gasteiger partial charge in [-0.2, -0.15) is 5.10 Å². The smallest absolute Gasteiger partial charge is 0.120 e. The number of phenols is 1. The average molecular weight is 259 g/mol. The SMILES string of the molecule is Cc1nn(C)c(C)c1C(C)NCc1ccccc1O. The minimum atomic E-state index is 0.202. The Balaban J connectivity index is 2.10. The maximum atomic E-state index is 9.75. The van der Waals surface area contributed by atoms with Gasteiger partial charge in [0.1, 0.15) is 5.75 Å². The van der Waals surface area contributed by atoms with Gasteiger partial charge in [-0.3, -0.25) is 4.68 Å². The summed E-state index contributed by atoms with van der Waals surface area (Å²) in [4.78, 5) is 0. The Kier molecular flexibility index (Phi) is 3.90. The summed E-state index contributed by atoms with van der Waals surface area (Å²) in [7, 11) is 1.96. The number of hydrogen-bond donors (Lipinski definition) is 2. The van der Waals surface area contributed by atoms with Crippen molar-refractivity contribution in [3.63, 3.8) is 0 Å². The number of aromatic hydroxyl groups is 1. The molecule has 1 heterocycles. The number of para-hydroxylation sites is 1. The lowest BCUT2D eigenvalue weighted by Crippen LogP contribution is -2.19. The third-order valence-electron chi connectivity index (χ3n) is 3.59. The number of aromatic nitrogens is 2. The number of rotatable bonds is 4. The molecule has 2 N–H and O–H groups in total. The quantitative estimate of drug-likeness (QED) is 0.887. The number of hydrogen-bond acceptors (Lipinski definition) is 3. The average Bonchev–Trinajstić information content (AvgIpc) is 2.62. The second-order valence-electron chi connectivity index (χ2n) is 4.94. The van der Waals surface area contributed by atoms with E-state index in [4.69, 9.17) is 0 Å². The first-order valence-electron chi connectivity index (χ1n) is 6.51. The molecule has 19 heavy (non-hydrogen) atoms. The number of nitrogens with zero attached hydrogens (tertiary/aromatic N) is 2. The first-order chi connectivity index (χ1) is 9.00. The fourth-order valence-corrected chi connectivity index (χ4v) is 2.44. The van der Waals surface area contributed by atoms with Crippen LogP contribution in [0.15, 0.2) is 24.3 Å². The molecule has 1 aromatic heterocycles. The van der Waals surface area contributed by atoms with E-state index < -0.39 is 0 Å². The number of benzene rings is 1. The summed E-state index contributed by atoms with van der Waals surface area (Å²) < 4.78 is 1.91. The zero-order valence-electron chi connectivity index (χ0n) is 11.9. The maximum Gasteiger partial charge on any atom is 0.120 e. The van der Waals surface area contributed by atoms with E-state index in [2.05, 4.69) is 24.3 Å². The molecular formula is C15H21N3O. The van der Waals surface area contributed by atoms with Crippen LogP contribution in [0.1, 0.15) is 35.5 Å². The molecule has 0 bridgehead atoms. The highest BCUT2D eigenvalue weighted by atomic mass is 16.3. The van der Waals surface area contributed by atoms with E-state index in [1.807, 2.05) is 36.9 Å². The molecule has 102 valence electrons. The van der Waals surface area contributed by atoms with Gasteiger partial charge in [0.15, 0.2) is 0 Å². The van der Waals surface area contributed by atoms with Gasteiger partial charge in [-0.1, -0.05) is 18.2 Å². The monoisotopic (exact) mass is 259 g/mol. The van der Waals surface area contributed by atoms with Gasteiger partial charge >= 0.3 is 0 Å². The van der Waals surface area contributed by atoms with Gasteiger partial charge in [0.25, 0.3) is 0 Å². The Labute approximate surface area is 114 Å². The Morgan fingerprint density at radius 1 is 1.32 bits per heavy atom. The standard InChI is InChI=1S/C15H21N3O/c1-10(15-11(2)17-18(4)12(15)3)16-9-13-7-5-6-8-14(13)19/h5-8,10,16,19H,9H2,1-4H3. The Hall–Kier alpha value is -1.81. The number of phenolic OH excluding ortho intramolecular Hbond substituents is 1. The predicted octanol–water partition coefficient (Wildman–Crippen LogP) is 2.59. The predicted molar refractivity (Wildman–Crippen MR) is 76.0 cm³/mol. The van der Waals surface area contributed by atoms with Gasteiger partial charge in [-0.05, 0) is 26.8 Å². The first kappa shape index (κ1) is 13.6. The van der Waals surface area contributed by atoms with Crippen LogP contribution < -0.4 is 5.32 Å². The second kappa shape index (κ2) is 5.45. The van der Waals surface area contributed by atoms with Crippen LogP contribution >= 0.6 is 0 Å². The molecule has 0 saturated heterocycles. The number of aryl methyl sites for hydroxylation is 2. The van der Waals surface area contributed by atoms with Crippen LogP contribution in [0.5, 0.6) is 5.75 Å². The lowest BCUT2D eigenvalue weighted by atomic mass is 10.1. The van der Waals surface area contributed by atoms with Crippen LogP contribution in [0.4, 0.5) is 0 Å². The van der Waals surface area contributed by atoms with Crippen molar-refractivity contribution < 1.29 is 5.11 Å². The maximum absolute atomic E-state index is 9.75. The summed E-state index contributed by atoms with van der Waals surface area (Å²) in [5.74, 6) is 0.335. The molecule has 0 aliphatic carbocycles.